The molecule has 3 aromatic rings. The Balaban J connectivity index is 2.04. The summed E-state index contributed by atoms with van der Waals surface area (Å²) in [4.78, 5) is 28.6. The van der Waals surface area contributed by atoms with E-state index >= 15 is 0 Å². The summed E-state index contributed by atoms with van der Waals surface area (Å²) in [6.07, 6.45) is 0.744. The number of anilines is 1. The molecule has 0 aliphatic rings. The van der Waals surface area contributed by atoms with Crippen LogP contribution in [-0.2, 0) is 26.2 Å². The molecule has 0 aliphatic carbocycles. The van der Waals surface area contributed by atoms with Crippen LogP contribution >= 0.6 is 15.9 Å². The van der Waals surface area contributed by atoms with Crippen LogP contribution in [0.25, 0.3) is 0 Å². The fourth-order valence-corrected chi connectivity index (χ4v) is 6.00. The quantitative estimate of drug-likeness (QED) is 0.305. The highest BCUT2D eigenvalue weighted by Gasteiger charge is 2.33. The Kier molecular flexibility index (Phi) is 10.3. The van der Waals surface area contributed by atoms with E-state index in [4.69, 9.17) is 0 Å². The van der Waals surface area contributed by atoms with E-state index in [-0.39, 0.29) is 23.4 Å². The molecule has 0 radical (unpaired) electrons. The van der Waals surface area contributed by atoms with Crippen LogP contribution in [0.5, 0.6) is 0 Å². The second kappa shape index (κ2) is 13.3. The Morgan fingerprint density at radius 2 is 1.62 bits per heavy atom. The first-order valence-electron chi connectivity index (χ1n) is 12.9. The van der Waals surface area contributed by atoms with Crippen molar-refractivity contribution in [3.05, 3.63) is 94.0 Å². The average Bonchev–Trinajstić information content (AvgIpc) is 2.90. The van der Waals surface area contributed by atoms with Gasteiger partial charge < -0.3 is 10.2 Å². The molecule has 2 atom stereocenters. The Bertz CT molecular complexity index is 1410. The number of carbonyl (C=O) groups excluding carboxylic acids is 2. The summed E-state index contributed by atoms with van der Waals surface area (Å²) >= 11 is 3.46. The summed E-state index contributed by atoms with van der Waals surface area (Å²) < 4.78 is 29.8. The van der Waals surface area contributed by atoms with E-state index < -0.39 is 28.5 Å². The Hall–Kier alpha value is -3.17. The minimum absolute atomic E-state index is 0.0619. The van der Waals surface area contributed by atoms with Crippen LogP contribution in [0.3, 0.4) is 0 Å². The highest BCUT2D eigenvalue weighted by Crippen LogP contribution is 2.27. The standard InChI is InChI=1S/C30H36BrN3O4S/c1-6-23(4)32-30(36)24(5)33(19-25-11-9-12-26(31)18-25)29(35)20-34(28-13-8-7-10-22(28)3)39(37,38)27-16-14-21(2)15-17-27/h7-18,23-24H,6,19-20H2,1-5H3,(H,32,36). The number of sulfonamides is 1. The van der Waals surface area contributed by atoms with Gasteiger partial charge in [-0.2, -0.15) is 0 Å². The van der Waals surface area contributed by atoms with Crippen molar-refractivity contribution in [2.45, 2.75) is 64.6 Å². The molecule has 39 heavy (non-hydrogen) atoms. The molecule has 7 nitrogen and oxygen atoms in total. The van der Waals surface area contributed by atoms with E-state index in [1.54, 1.807) is 56.3 Å². The molecule has 9 heteroatoms. The first-order chi connectivity index (χ1) is 18.4. The van der Waals surface area contributed by atoms with Crippen LogP contribution in [0.1, 0.15) is 43.9 Å². The molecule has 0 saturated carbocycles. The number of benzene rings is 3. The number of rotatable bonds is 11. The molecule has 0 aromatic heterocycles. The molecule has 0 aliphatic heterocycles. The lowest BCUT2D eigenvalue weighted by molar-refractivity contribution is -0.139. The summed E-state index contributed by atoms with van der Waals surface area (Å²) in [5.74, 6) is -0.780. The van der Waals surface area contributed by atoms with Crippen molar-refractivity contribution >= 4 is 43.5 Å². The maximum absolute atomic E-state index is 14.0. The SMILES string of the molecule is CCC(C)NC(=O)C(C)N(Cc1cccc(Br)c1)C(=O)CN(c1ccccc1C)S(=O)(=O)c1ccc(C)cc1. The van der Waals surface area contributed by atoms with E-state index in [1.165, 1.54) is 4.90 Å². The van der Waals surface area contributed by atoms with Crippen molar-refractivity contribution in [3.8, 4) is 0 Å². The largest absolute Gasteiger partial charge is 0.352 e. The van der Waals surface area contributed by atoms with Crippen LogP contribution in [0.2, 0.25) is 0 Å². The minimum Gasteiger partial charge on any atom is -0.352 e. The van der Waals surface area contributed by atoms with Crippen molar-refractivity contribution in [3.63, 3.8) is 0 Å². The molecule has 1 N–H and O–H groups in total. The summed E-state index contributed by atoms with van der Waals surface area (Å²) in [6, 6.07) is 20.2. The maximum Gasteiger partial charge on any atom is 0.264 e. The van der Waals surface area contributed by atoms with E-state index in [0.29, 0.717) is 11.3 Å². The number of halogens is 1. The van der Waals surface area contributed by atoms with E-state index in [2.05, 4.69) is 21.2 Å². The molecule has 208 valence electrons. The van der Waals surface area contributed by atoms with Gasteiger partial charge in [-0.05, 0) is 75.6 Å². The number of aryl methyl sites for hydroxylation is 2. The first kappa shape index (κ1) is 30.4. The predicted molar refractivity (Wildman–Crippen MR) is 159 cm³/mol. The Morgan fingerprint density at radius 1 is 0.949 bits per heavy atom. The van der Waals surface area contributed by atoms with Gasteiger partial charge in [-0.1, -0.05) is 70.9 Å². The fraction of sp³-hybridized carbons (Fsp3) is 0.333. The van der Waals surface area contributed by atoms with Gasteiger partial charge in [0.2, 0.25) is 11.8 Å². The third kappa shape index (κ3) is 7.70. The highest BCUT2D eigenvalue weighted by atomic mass is 79.9. The number of hydrogen-bond donors (Lipinski definition) is 1. The van der Waals surface area contributed by atoms with Gasteiger partial charge in [0, 0.05) is 17.1 Å². The third-order valence-corrected chi connectivity index (χ3v) is 8.95. The van der Waals surface area contributed by atoms with Gasteiger partial charge in [-0.15, -0.1) is 0 Å². The van der Waals surface area contributed by atoms with Gasteiger partial charge >= 0.3 is 0 Å². The predicted octanol–water partition coefficient (Wildman–Crippen LogP) is 5.59. The molecule has 3 rings (SSSR count). The normalized spacial score (nSPS) is 12.9. The number of amides is 2. The van der Waals surface area contributed by atoms with Crippen LogP contribution in [0.4, 0.5) is 5.69 Å². The molecule has 2 unspecified atom stereocenters. The van der Waals surface area contributed by atoms with Crippen LogP contribution in [0.15, 0.2) is 82.2 Å². The Labute approximate surface area is 240 Å². The second-order valence-electron chi connectivity index (χ2n) is 9.76. The summed E-state index contributed by atoms with van der Waals surface area (Å²) in [5.41, 5.74) is 2.85. The molecule has 0 saturated heterocycles. The van der Waals surface area contributed by atoms with Gasteiger partial charge in [0.25, 0.3) is 10.0 Å². The lowest BCUT2D eigenvalue weighted by atomic mass is 10.1. The van der Waals surface area contributed by atoms with E-state index in [9.17, 15) is 18.0 Å². The average molecular weight is 615 g/mol. The third-order valence-electron chi connectivity index (χ3n) is 6.68. The molecular weight excluding hydrogens is 578 g/mol. The lowest BCUT2D eigenvalue weighted by Crippen LogP contribution is -2.52. The van der Waals surface area contributed by atoms with Gasteiger partial charge in [0.1, 0.15) is 12.6 Å². The van der Waals surface area contributed by atoms with Crippen LogP contribution < -0.4 is 9.62 Å². The van der Waals surface area contributed by atoms with Gasteiger partial charge in [0.15, 0.2) is 0 Å². The highest BCUT2D eigenvalue weighted by molar-refractivity contribution is 9.10. The summed E-state index contributed by atoms with van der Waals surface area (Å²) in [5, 5.41) is 2.94. The molecule has 0 bridgehead atoms. The van der Waals surface area contributed by atoms with Crippen LogP contribution in [-0.4, -0.2) is 43.8 Å². The van der Waals surface area contributed by atoms with E-state index in [1.807, 2.05) is 51.1 Å². The van der Waals surface area contributed by atoms with Gasteiger partial charge in [-0.25, -0.2) is 8.42 Å². The van der Waals surface area contributed by atoms with Gasteiger partial charge in [0.05, 0.1) is 10.6 Å². The van der Waals surface area contributed by atoms with E-state index in [0.717, 1.165) is 26.3 Å². The van der Waals surface area contributed by atoms with Crippen LogP contribution in [0, 0.1) is 13.8 Å². The monoisotopic (exact) mass is 613 g/mol. The molecule has 2 amide bonds. The zero-order chi connectivity index (χ0) is 28.7. The maximum atomic E-state index is 14.0. The smallest absolute Gasteiger partial charge is 0.264 e. The van der Waals surface area contributed by atoms with Gasteiger partial charge in [-0.3, -0.25) is 13.9 Å². The number of nitrogens with one attached hydrogen (secondary N) is 1. The molecule has 0 heterocycles. The minimum atomic E-state index is -4.09. The Morgan fingerprint density at radius 3 is 2.23 bits per heavy atom. The zero-order valence-corrected chi connectivity index (χ0v) is 25.4. The van der Waals surface area contributed by atoms with Crippen molar-refractivity contribution in [2.24, 2.45) is 0 Å². The zero-order valence-electron chi connectivity index (χ0n) is 23.0. The number of para-hydroxylation sites is 1. The first-order valence-corrected chi connectivity index (χ1v) is 15.2. The molecule has 0 spiro atoms. The van der Waals surface area contributed by atoms with Crippen molar-refractivity contribution in [1.29, 1.82) is 0 Å². The fourth-order valence-electron chi connectivity index (χ4n) is 4.07. The molecular formula is C30H36BrN3O4S. The number of nitrogens with zero attached hydrogens (tertiary/aromatic N) is 2. The summed E-state index contributed by atoms with van der Waals surface area (Å²) in [6.45, 7) is 8.90. The molecule has 0 fully saturated rings. The van der Waals surface area contributed by atoms with Crippen molar-refractivity contribution in [1.82, 2.24) is 10.2 Å². The second-order valence-corrected chi connectivity index (χ2v) is 12.5. The topological polar surface area (TPSA) is 86.8 Å². The summed E-state index contributed by atoms with van der Waals surface area (Å²) in [7, 11) is -4.09. The van der Waals surface area contributed by atoms with Crippen molar-refractivity contribution in [2.75, 3.05) is 10.8 Å². The van der Waals surface area contributed by atoms with Crippen molar-refractivity contribution < 1.29 is 18.0 Å². The number of carbonyl (C=O) groups is 2. The lowest BCUT2D eigenvalue weighted by Gasteiger charge is -2.33. The number of hydrogen-bond acceptors (Lipinski definition) is 4. The molecule has 3 aromatic carbocycles.